The monoisotopic (exact) mass is 442 g/mol. The molecule has 2 amide bonds. The molecule has 170 valence electrons. The van der Waals surface area contributed by atoms with Gasteiger partial charge in [-0.3, -0.25) is 9.59 Å². The molecule has 0 atom stereocenters. The second-order valence-electron chi connectivity index (χ2n) is 8.33. The third-order valence-corrected chi connectivity index (χ3v) is 5.84. The Bertz CT molecular complexity index is 1060. The molecule has 1 fully saturated rings. The van der Waals surface area contributed by atoms with Crippen LogP contribution in [0.2, 0.25) is 0 Å². The normalized spacial score (nSPS) is 13.6. The number of nitrogens with zero attached hydrogens (tertiary/aromatic N) is 2. The Morgan fingerprint density at radius 2 is 1.48 bits per heavy atom. The van der Waals surface area contributed by atoms with Crippen LogP contribution in [0.15, 0.2) is 78.9 Å². The number of anilines is 2. The van der Waals surface area contributed by atoms with Crippen LogP contribution < -0.4 is 15.5 Å². The molecule has 0 aliphatic carbocycles. The third kappa shape index (κ3) is 6.20. The Kier molecular flexibility index (Phi) is 7.37. The maximum Gasteiger partial charge on any atom is 0.253 e. The predicted octanol–water partition coefficient (Wildman–Crippen LogP) is 3.69. The molecule has 33 heavy (non-hydrogen) atoms. The van der Waals surface area contributed by atoms with Crippen molar-refractivity contribution in [2.24, 2.45) is 0 Å². The van der Waals surface area contributed by atoms with Gasteiger partial charge >= 0.3 is 0 Å². The van der Waals surface area contributed by atoms with Gasteiger partial charge in [0, 0.05) is 49.7 Å². The fourth-order valence-electron chi connectivity index (χ4n) is 3.92. The number of hydrogen-bond donors (Lipinski definition) is 2. The van der Waals surface area contributed by atoms with E-state index in [1.165, 1.54) is 0 Å². The second kappa shape index (κ2) is 10.8. The lowest BCUT2D eigenvalue weighted by Crippen LogP contribution is -2.48. The van der Waals surface area contributed by atoms with Crippen molar-refractivity contribution in [2.75, 3.05) is 42.9 Å². The Hall–Kier alpha value is -3.64. The number of aryl methyl sites for hydroxylation is 1. The summed E-state index contributed by atoms with van der Waals surface area (Å²) in [6.45, 7) is 5.89. The summed E-state index contributed by atoms with van der Waals surface area (Å²) in [4.78, 5) is 29.1. The molecule has 0 spiro atoms. The molecule has 0 unspecified atom stereocenters. The minimum atomic E-state index is -0.0677. The van der Waals surface area contributed by atoms with Crippen LogP contribution in [0.25, 0.3) is 0 Å². The highest BCUT2D eigenvalue weighted by atomic mass is 16.2. The molecular weight excluding hydrogens is 412 g/mol. The average Bonchev–Trinajstić information content (AvgIpc) is 2.85. The van der Waals surface area contributed by atoms with Crippen molar-refractivity contribution in [1.29, 1.82) is 0 Å². The molecule has 0 saturated carbocycles. The van der Waals surface area contributed by atoms with E-state index in [9.17, 15) is 9.59 Å². The molecule has 3 aromatic rings. The first-order valence-corrected chi connectivity index (χ1v) is 11.3. The van der Waals surface area contributed by atoms with Crippen LogP contribution in [0, 0.1) is 6.92 Å². The molecule has 0 bridgehead atoms. The van der Waals surface area contributed by atoms with Crippen LogP contribution in [-0.2, 0) is 11.3 Å². The topological polar surface area (TPSA) is 64.7 Å². The van der Waals surface area contributed by atoms with Gasteiger partial charge < -0.3 is 20.4 Å². The van der Waals surface area contributed by atoms with Gasteiger partial charge in [0.25, 0.3) is 5.91 Å². The molecular formula is C27H30N4O2. The number of carbonyl (C=O) groups excluding carboxylic acids is 2. The van der Waals surface area contributed by atoms with Gasteiger partial charge in [-0.2, -0.15) is 0 Å². The quantitative estimate of drug-likeness (QED) is 0.586. The molecule has 1 saturated heterocycles. The average molecular weight is 443 g/mol. The number of benzene rings is 3. The molecule has 0 radical (unpaired) electrons. The van der Waals surface area contributed by atoms with Crippen LogP contribution in [0.1, 0.15) is 21.5 Å². The molecule has 1 heterocycles. The van der Waals surface area contributed by atoms with Crippen LogP contribution >= 0.6 is 0 Å². The number of carbonyl (C=O) groups is 2. The number of nitrogens with one attached hydrogen (secondary N) is 2. The third-order valence-electron chi connectivity index (χ3n) is 5.84. The lowest BCUT2D eigenvalue weighted by molar-refractivity contribution is -0.115. The highest BCUT2D eigenvalue weighted by Gasteiger charge is 2.22. The van der Waals surface area contributed by atoms with E-state index in [2.05, 4.69) is 15.5 Å². The summed E-state index contributed by atoms with van der Waals surface area (Å²) >= 11 is 0. The van der Waals surface area contributed by atoms with Gasteiger partial charge in [0.05, 0.1) is 6.54 Å². The molecule has 2 N–H and O–H groups in total. The van der Waals surface area contributed by atoms with Gasteiger partial charge in [-0.1, -0.05) is 48.0 Å². The summed E-state index contributed by atoms with van der Waals surface area (Å²) in [5, 5.41) is 6.09. The summed E-state index contributed by atoms with van der Waals surface area (Å²) in [6.07, 6.45) is 0. The molecule has 6 nitrogen and oxygen atoms in total. The van der Waals surface area contributed by atoms with E-state index in [4.69, 9.17) is 0 Å². The highest BCUT2D eigenvalue weighted by molar-refractivity contribution is 5.94. The number of hydrogen-bond acceptors (Lipinski definition) is 4. The fraction of sp³-hybridized carbons (Fsp3) is 0.259. The Morgan fingerprint density at radius 1 is 0.818 bits per heavy atom. The Labute approximate surface area is 195 Å². The second-order valence-corrected chi connectivity index (χ2v) is 8.33. The van der Waals surface area contributed by atoms with Gasteiger partial charge in [-0.05, 0) is 48.9 Å². The van der Waals surface area contributed by atoms with Crippen LogP contribution in [0.4, 0.5) is 11.4 Å². The van der Waals surface area contributed by atoms with Crippen molar-refractivity contribution in [3.05, 3.63) is 95.6 Å². The minimum absolute atomic E-state index is 0.0677. The largest absolute Gasteiger partial charge is 0.368 e. The van der Waals surface area contributed by atoms with Gasteiger partial charge in [0.1, 0.15) is 0 Å². The maximum atomic E-state index is 12.7. The zero-order chi connectivity index (χ0) is 23.0. The molecule has 6 heteroatoms. The Balaban J connectivity index is 1.22. The molecule has 1 aliphatic heterocycles. The van der Waals surface area contributed by atoms with Gasteiger partial charge in [-0.15, -0.1) is 0 Å². The SMILES string of the molecule is Cc1ccc(C(=O)N2CCN(c3ccc(NC(=O)CNCc4ccccc4)cc3)CC2)cc1. The van der Waals surface area contributed by atoms with Crippen LogP contribution in [0.5, 0.6) is 0 Å². The van der Waals surface area contributed by atoms with Crippen molar-refractivity contribution < 1.29 is 9.59 Å². The molecule has 1 aliphatic rings. The van der Waals surface area contributed by atoms with E-state index in [0.29, 0.717) is 19.6 Å². The van der Waals surface area contributed by atoms with E-state index in [0.717, 1.165) is 41.2 Å². The number of rotatable bonds is 7. The van der Waals surface area contributed by atoms with Crippen molar-refractivity contribution >= 4 is 23.2 Å². The van der Waals surface area contributed by atoms with Crippen molar-refractivity contribution in [2.45, 2.75) is 13.5 Å². The van der Waals surface area contributed by atoms with Crippen LogP contribution in [-0.4, -0.2) is 49.4 Å². The summed E-state index contributed by atoms with van der Waals surface area (Å²) in [6, 6.07) is 25.6. The first kappa shape index (κ1) is 22.6. The first-order valence-electron chi connectivity index (χ1n) is 11.3. The van der Waals surface area contributed by atoms with E-state index in [-0.39, 0.29) is 18.4 Å². The van der Waals surface area contributed by atoms with Crippen molar-refractivity contribution in [3.63, 3.8) is 0 Å². The number of amides is 2. The fourth-order valence-corrected chi connectivity index (χ4v) is 3.92. The molecule has 0 aromatic heterocycles. The smallest absolute Gasteiger partial charge is 0.253 e. The summed E-state index contributed by atoms with van der Waals surface area (Å²) < 4.78 is 0. The lowest BCUT2D eigenvalue weighted by atomic mass is 10.1. The first-order chi connectivity index (χ1) is 16.1. The summed E-state index contributed by atoms with van der Waals surface area (Å²) in [5.41, 5.74) is 4.92. The lowest BCUT2D eigenvalue weighted by Gasteiger charge is -2.36. The molecule has 3 aromatic carbocycles. The van der Waals surface area contributed by atoms with E-state index in [1.54, 1.807) is 0 Å². The predicted molar refractivity (Wildman–Crippen MR) is 133 cm³/mol. The minimum Gasteiger partial charge on any atom is -0.368 e. The Morgan fingerprint density at radius 3 is 2.15 bits per heavy atom. The standard InChI is InChI=1S/C27H30N4O2/c1-21-7-9-23(10-8-21)27(33)31-17-15-30(16-18-31)25-13-11-24(12-14-25)29-26(32)20-28-19-22-5-3-2-4-6-22/h2-14,28H,15-20H2,1H3,(H,29,32). The summed E-state index contributed by atoms with van der Waals surface area (Å²) in [5.74, 6) is 0.0236. The van der Waals surface area contributed by atoms with Gasteiger partial charge in [0.2, 0.25) is 5.91 Å². The number of piperazine rings is 1. The van der Waals surface area contributed by atoms with Crippen molar-refractivity contribution in [1.82, 2.24) is 10.2 Å². The van der Waals surface area contributed by atoms with Gasteiger partial charge in [0.15, 0.2) is 0 Å². The zero-order valence-corrected chi connectivity index (χ0v) is 19.0. The van der Waals surface area contributed by atoms with Crippen molar-refractivity contribution in [3.8, 4) is 0 Å². The highest BCUT2D eigenvalue weighted by Crippen LogP contribution is 2.20. The van der Waals surface area contributed by atoms with E-state index in [1.807, 2.05) is 90.7 Å². The maximum absolute atomic E-state index is 12.7. The van der Waals surface area contributed by atoms with E-state index >= 15 is 0 Å². The van der Waals surface area contributed by atoms with Crippen LogP contribution in [0.3, 0.4) is 0 Å². The van der Waals surface area contributed by atoms with Gasteiger partial charge in [-0.25, -0.2) is 0 Å². The summed E-state index contributed by atoms with van der Waals surface area (Å²) in [7, 11) is 0. The molecule has 4 rings (SSSR count). The van der Waals surface area contributed by atoms with E-state index < -0.39 is 0 Å². The zero-order valence-electron chi connectivity index (χ0n) is 19.0.